The summed E-state index contributed by atoms with van der Waals surface area (Å²) in [7, 11) is 2.97. The molecule has 0 bridgehead atoms. The molecule has 0 aliphatic rings. The predicted octanol–water partition coefficient (Wildman–Crippen LogP) is 2.52. The number of hydrogen-bond donors (Lipinski definition) is 2. The molecule has 2 aromatic carbocycles. The number of carbonyl (C=O) groups is 2. The van der Waals surface area contributed by atoms with Crippen molar-refractivity contribution in [2.45, 2.75) is 0 Å². The first-order valence-corrected chi connectivity index (χ1v) is 7.43. The monoisotopic (exact) mass is 340 g/mol. The predicted molar refractivity (Wildman–Crippen MR) is 90.7 cm³/mol. The molecule has 0 aliphatic carbocycles. The molecule has 0 unspecified atom stereocenters. The average Bonchev–Trinajstić information content (AvgIpc) is 3.09. The zero-order valence-corrected chi connectivity index (χ0v) is 13.7. The molecule has 3 rings (SSSR count). The molecule has 2 N–H and O–H groups in total. The number of fused-ring (bicyclic) bond motifs is 1. The van der Waals surface area contributed by atoms with Crippen LogP contribution in [-0.2, 0) is 0 Å². The van der Waals surface area contributed by atoms with Crippen LogP contribution in [0.2, 0.25) is 0 Å². The lowest BCUT2D eigenvalue weighted by atomic mass is 10.2. The Hall–Kier alpha value is -3.48. The van der Waals surface area contributed by atoms with Gasteiger partial charge in [0.15, 0.2) is 5.76 Å². The molecule has 0 fully saturated rings. The van der Waals surface area contributed by atoms with Crippen LogP contribution in [0.5, 0.6) is 11.5 Å². The molecule has 0 saturated carbocycles. The Morgan fingerprint density at radius 3 is 2.16 bits per heavy atom. The molecule has 7 nitrogen and oxygen atoms in total. The minimum Gasteiger partial charge on any atom is -0.497 e. The fourth-order valence-corrected chi connectivity index (χ4v) is 2.28. The lowest BCUT2D eigenvalue weighted by molar-refractivity contribution is 0.0832. The van der Waals surface area contributed by atoms with Crippen molar-refractivity contribution in [3.05, 3.63) is 59.9 Å². The van der Waals surface area contributed by atoms with E-state index in [-0.39, 0.29) is 11.3 Å². The van der Waals surface area contributed by atoms with Crippen LogP contribution in [0.3, 0.4) is 0 Å². The van der Waals surface area contributed by atoms with Gasteiger partial charge in [0.25, 0.3) is 5.91 Å². The Labute approximate surface area is 143 Å². The van der Waals surface area contributed by atoms with Gasteiger partial charge in [-0.2, -0.15) is 0 Å². The molecule has 0 aliphatic heterocycles. The summed E-state index contributed by atoms with van der Waals surface area (Å²) in [6.45, 7) is 0. The fourth-order valence-electron chi connectivity index (χ4n) is 2.28. The summed E-state index contributed by atoms with van der Waals surface area (Å²) in [5, 5.41) is 0.802. The van der Waals surface area contributed by atoms with E-state index in [4.69, 9.17) is 13.9 Å². The summed E-state index contributed by atoms with van der Waals surface area (Å²) in [5.41, 5.74) is 5.53. The number of nitrogens with one attached hydrogen (secondary N) is 2. The average molecular weight is 340 g/mol. The number of hydrogen-bond acceptors (Lipinski definition) is 5. The number of ether oxygens (including phenoxy) is 2. The van der Waals surface area contributed by atoms with E-state index in [1.807, 2.05) is 18.2 Å². The molecule has 0 spiro atoms. The minimum atomic E-state index is -0.556. The molecule has 0 saturated heterocycles. The summed E-state index contributed by atoms with van der Waals surface area (Å²) in [5.74, 6) is -0.0352. The third-order valence-corrected chi connectivity index (χ3v) is 3.55. The Morgan fingerprint density at radius 1 is 0.880 bits per heavy atom. The number of rotatable bonds is 4. The van der Waals surface area contributed by atoms with Gasteiger partial charge in [-0.15, -0.1) is 0 Å². The molecule has 2 amide bonds. The molecular weight excluding hydrogens is 324 g/mol. The van der Waals surface area contributed by atoms with Gasteiger partial charge < -0.3 is 13.9 Å². The maximum atomic E-state index is 12.2. The highest BCUT2D eigenvalue weighted by atomic mass is 16.5. The summed E-state index contributed by atoms with van der Waals surface area (Å²) in [6, 6.07) is 13.6. The summed E-state index contributed by atoms with van der Waals surface area (Å²) in [4.78, 5) is 24.3. The second-order valence-corrected chi connectivity index (χ2v) is 5.16. The highest BCUT2D eigenvalue weighted by Crippen LogP contribution is 2.22. The van der Waals surface area contributed by atoms with Gasteiger partial charge in [-0.05, 0) is 24.3 Å². The Morgan fingerprint density at radius 2 is 1.52 bits per heavy atom. The highest BCUT2D eigenvalue weighted by molar-refractivity contribution is 6.00. The largest absolute Gasteiger partial charge is 0.497 e. The van der Waals surface area contributed by atoms with E-state index in [0.717, 1.165) is 5.39 Å². The second-order valence-electron chi connectivity index (χ2n) is 5.16. The first-order valence-electron chi connectivity index (χ1n) is 7.43. The SMILES string of the molecule is COc1cc(OC)cc(C(=O)NNC(=O)c2cc3ccccc3o2)c1. The lowest BCUT2D eigenvalue weighted by Gasteiger charge is -2.09. The van der Waals surface area contributed by atoms with E-state index in [0.29, 0.717) is 17.1 Å². The van der Waals surface area contributed by atoms with Gasteiger partial charge in [0.05, 0.1) is 14.2 Å². The van der Waals surface area contributed by atoms with Crippen molar-refractivity contribution in [1.29, 1.82) is 0 Å². The lowest BCUT2D eigenvalue weighted by Crippen LogP contribution is -2.41. The number of carbonyl (C=O) groups excluding carboxylic acids is 2. The first kappa shape index (κ1) is 16.4. The Bertz CT molecular complexity index is 877. The molecule has 128 valence electrons. The third kappa shape index (κ3) is 3.55. The van der Waals surface area contributed by atoms with E-state index in [2.05, 4.69) is 10.9 Å². The van der Waals surface area contributed by atoms with E-state index in [1.165, 1.54) is 26.4 Å². The summed E-state index contributed by atoms with van der Waals surface area (Å²) < 4.78 is 15.7. The molecule has 0 radical (unpaired) electrons. The van der Waals surface area contributed by atoms with Gasteiger partial charge in [0, 0.05) is 17.0 Å². The molecule has 0 atom stereocenters. The third-order valence-electron chi connectivity index (χ3n) is 3.55. The topological polar surface area (TPSA) is 89.8 Å². The van der Waals surface area contributed by atoms with Crippen LogP contribution in [0.1, 0.15) is 20.9 Å². The van der Waals surface area contributed by atoms with Gasteiger partial charge in [0.2, 0.25) is 0 Å². The minimum absolute atomic E-state index is 0.102. The van der Waals surface area contributed by atoms with Crippen LogP contribution in [-0.4, -0.2) is 26.0 Å². The van der Waals surface area contributed by atoms with Gasteiger partial charge in [-0.25, -0.2) is 0 Å². The zero-order chi connectivity index (χ0) is 17.8. The second kappa shape index (κ2) is 6.96. The number of para-hydroxylation sites is 1. The van der Waals surface area contributed by atoms with Crippen molar-refractivity contribution in [2.24, 2.45) is 0 Å². The van der Waals surface area contributed by atoms with E-state index < -0.39 is 11.8 Å². The Balaban J connectivity index is 1.70. The first-order chi connectivity index (χ1) is 12.1. The van der Waals surface area contributed by atoms with Gasteiger partial charge in [-0.1, -0.05) is 18.2 Å². The van der Waals surface area contributed by atoms with Crippen LogP contribution in [0.25, 0.3) is 11.0 Å². The standard InChI is InChI=1S/C18H16N2O5/c1-23-13-7-12(8-14(10-13)24-2)17(21)19-20-18(22)16-9-11-5-3-4-6-15(11)25-16/h3-10H,1-2H3,(H,19,21)(H,20,22). The van der Waals surface area contributed by atoms with Crippen molar-refractivity contribution in [3.8, 4) is 11.5 Å². The fraction of sp³-hybridized carbons (Fsp3) is 0.111. The number of hydrazine groups is 1. The van der Waals surface area contributed by atoms with Crippen LogP contribution in [0.15, 0.2) is 52.9 Å². The van der Waals surface area contributed by atoms with Crippen molar-refractivity contribution in [2.75, 3.05) is 14.2 Å². The number of methoxy groups -OCH3 is 2. The van der Waals surface area contributed by atoms with Crippen LogP contribution in [0.4, 0.5) is 0 Å². The number of benzene rings is 2. The quantitative estimate of drug-likeness (QED) is 0.712. The number of amides is 2. The smallest absolute Gasteiger partial charge is 0.305 e. The van der Waals surface area contributed by atoms with E-state index >= 15 is 0 Å². The van der Waals surface area contributed by atoms with Crippen LogP contribution in [0, 0.1) is 0 Å². The van der Waals surface area contributed by atoms with Gasteiger partial charge in [0.1, 0.15) is 17.1 Å². The van der Waals surface area contributed by atoms with Crippen molar-refractivity contribution < 1.29 is 23.5 Å². The normalized spacial score (nSPS) is 10.3. The molecule has 7 heteroatoms. The van der Waals surface area contributed by atoms with Gasteiger partial charge in [-0.3, -0.25) is 20.4 Å². The zero-order valence-electron chi connectivity index (χ0n) is 13.7. The summed E-state index contributed by atoms with van der Waals surface area (Å²) in [6.07, 6.45) is 0. The number of furan rings is 1. The van der Waals surface area contributed by atoms with E-state index in [9.17, 15) is 9.59 Å². The van der Waals surface area contributed by atoms with Crippen molar-refractivity contribution >= 4 is 22.8 Å². The molecular formula is C18H16N2O5. The maximum absolute atomic E-state index is 12.2. The maximum Gasteiger partial charge on any atom is 0.305 e. The van der Waals surface area contributed by atoms with Crippen molar-refractivity contribution in [3.63, 3.8) is 0 Å². The summed E-state index contributed by atoms with van der Waals surface area (Å²) >= 11 is 0. The van der Waals surface area contributed by atoms with Crippen LogP contribution < -0.4 is 20.3 Å². The molecule has 3 aromatic rings. The molecule has 1 heterocycles. The van der Waals surface area contributed by atoms with Gasteiger partial charge >= 0.3 is 5.91 Å². The van der Waals surface area contributed by atoms with E-state index in [1.54, 1.807) is 18.2 Å². The molecule has 1 aromatic heterocycles. The van der Waals surface area contributed by atoms with Crippen molar-refractivity contribution in [1.82, 2.24) is 10.9 Å². The van der Waals surface area contributed by atoms with Crippen LogP contribution >= 0.6 is 0 Å². The highest BCUT2D eigenvalue weighted by Gasteiger charge is 2.14. The molecule has 25 heavy (non-hydrogen) atoms. The Kier molecular flexibility index (Phi) is 4.56.